The van der Waals surface area contributed by atoms with E-state index in [4.69, 9.17) is 5.11 Å². The van der Waals surface area contributed by atoms with E-state index >= 15 is 0 Å². The van der Waals surface area contributed by atoms with E-state index in [0.29, 0.717) is 0 Å². The van der Waals surface area contributed by atoms with Gasteiger partial charge in [-0.25, -0.2) is 0 Å². The van der Waals surface area contributed by atoms with E-state index in [1.165, 1.54) is 7.05 Å². The summed E-state index contributed by atoms with van der Waals surface area (Å²) in [5.41, 5.74) is 0. The predicted molar refractivity (Wildman–Crippen MR) is 30.8 cm³/mol. The molecule has 0 aliphatic heterocycles. The summed E-state index contributed by atoms with van der Waals surface area (Å²) in [6.07, 6.45) is 1.33. The Labute approximate surface area is 52.9 Å². The van der Waals surface area contributed by atoms with E-state index in [0.717, 1.165) is 0 Å². The van der Waals surface area contributed by atoms with Gasteiger partial charge in [0.25, 0.3) is 0 Å². The lowest BCUT2D eigenvalue weighted by atomic mass is 10.2. The predicted octanol–water partition coefficient (Wildman–Crippen LogP) is -0.841. The fourth-order valence-electron chi connectivity index (χ4n) is 0.377. The minimum atomic E-state index is -1.00. The van der Waals surface area contributed by atoms with Crippen LogP contribution in [0.1, 0.15) is 6.42 Å². The van der Waals surface area contributed by atoms with Crippen LogP contribution in [0.15, 0.2) is 0 Å². The number of hydrogen-bond acceptors (Lipinski definition) is 3. The summed E-state index contributed by atoms with van der Waals surface area (Å²) in [6.45, 7) is 0. The van der Waals surface area contributed by atoms with Gasteiger partial charge in [-0.1, -0.05) is 0 Å². The average Bonchev–Trinajstić information content (AvgIpc) is 1.82. The van der Waals surface area contributed by atoms with Gasteiger partial charge in [-0.05, 0) is 7.05 Å². The molecule has 4 nitrogen and oxygen atoms in total. The summed E-state index contributed by atoms with van der Waals surface area (Å²) >= 11 is 0. The van der Waals surface area contributed by atoms with Gasteiger partial charge >= 0.3 is 5.97 Å². The first kappa shape index (κ1) is 8.10. The van der Waals surface area contributed by atoms with E-state index in [2.05, 4.69) is 5.32 Å². The molecule has 2 N–H and O–H groups in total. The van der Waals surface area contributed by atoms with Crippen LogP contribution in [0.5, 0.6) is 0 Å². The Bertz CT molecular complexity index is 113. The first-order valence-corrected chi connectivity index (χ1v) is 2.47. The molecule has 0 rings (SSSR count). The van der Waals surface area contributed by atoms with Crippen molar-refractivity contribution in [3.8, 4) is 0 Å². The minimum Gasteiger partial charge on any atom is -0.481 e. The summed E-state index contributed by atoms with van der Waals surface area (Å²) in [5.74, 6) is -1.00. The number of rotatable bonds is 4. The maximum atomic E-state index is 9.91. The number of carbonyl (C=O) groups excluding carboxylic acids is 1. The molecule has 0 amide bonds. The van der Waals surface area contributed by atoms with Crippen LogP contribution in [0.25, 0.3) is 0 Å². The van der Waals surface area contributed by atoms with Gasteiger partial charge in [-0.2, -0.15) is 0 Å². The molecule has 4 heteroatoms. The van der Waals surface area contributed by atoms with Gasteiger partial charge in [0.05, 0.1) is 12.5 Å². The molecule has 1 atom stereocenters. The number of likely N-dealkylation sites (N-methyl/N-ethyl adjacent to an activating group) is 1. The molecular weight excluding hydrogens is 122 g/mol. The lowest BCUT2D eigenvalue weighted by molar-refractivity contribution is -0.137. The summed E-state index contributed by atoms with van der Waals surface area (Å²) in [6, 6.07) is -0.678. The molecule has 0 bridgehead atoms. The smallest absolute Gasteiger partial charge is 0.305 e. The minimum absolute atomic E-state index is 0.208. The monoisotopic (exact) mass is 130 g/mol. The van der Waals surface area contributed by atoms with Crippen molar-refractivity contribution in [1.29, 1.82) is 0 Å². The van der Waals surface area contributed by atoms with Crippen molar-refractivity contribution >= 4 is 12.3 Å². The van der Waals surface area contributed by atoms with Gasteiger partial charge in [0.15, 0.2) is 0 Å². The van der Waals surface area contributed by atoms with Gasteiger partial charge in [-0.15, -0.1) is 0 Å². The zero-order valence-electron chi connectivity index (χ0n) is 5.05. The van der Waals surface area contributed by atoms with Gasteiger partial charge in [-0.3, -0.25) is 9.59 Å². The summed E-state index contributed by atoms with van der Waals surface area (Å²) < 4.78 is 0. The second-order valence-electron chi connectivity index (χ2n) is 1.56. The van der Waals surface area contributed by atoms with Crippen molar-refractivity contribution in [3.63, 3.8) is 0 Å². The highest BCUT2D eigenvalue weighted by Gasteiger charge is 2.08. The zero-order chi connectivity index (χ0) is 7.28. The molecule has 0 saturated heterocycles. The van der Waals surface area contributed by atoms with E-state index in [-0.39, 0.29) is 6.42 Å². The first-order chi connectivity index (χ1) is 4.20. The highest BCUT2D eigenvalue weighted by molar-refractivity contribution is 5.73. The molecule has 0 heterocycles. The van der Waals surface area contributed by atoms with Crippen LogP contribution in [0.2, 0.25) is 0 Å². The number of carboxylic acid groups (broad SMARTS) is 1. The molecule has 0 aliphatic carbocycles. The van der Waals surface area contributed by atoms with Crippen LogP contribution in [0.4, 0.5) is 0 Å². The maximum absolute atomic E-state index is 9.91. The number of carboxylic acids is 1. The number of aliphatic carboxylic acids is 1. The highest BCUT2D eigenvalue weighted by atomic mass is 16.4. The zero-order valence-corrected chi connectivity index (χ0v) is 5.05. The lowest BCUT2D eigenvalue weighted by Gasteiger charge is -2.01. The standard InChI is InChI=1S/C5H8NO3/c1-6-4(3-7)2-5(8)9/h4,6H,2H2,1H3,(H,8,9)/t4-/m1/s1. The molecule has 0 aromatic carbocycles. The fourth-order valence-corrected chi connectivity index (χ4v) is 0.377. The number of carbonyl (C=O) groups is 1. The molecule has 0 aliphatic rings. The van der Waals surface area contributed by atoms with Crippen LogP contribution in [0.3, 0.4) is 0 Å². The van der Waals surface area contributed by atoms with Crippen LogP contribution in [0, 0.1) is 0 Å². The number of nitrogens with one attached hydrogen (secondary N) is 1. The van der Waals surface area contributed by atoms with Crippen molar-refractivity contribution < 1.29 is 14.7 Å². The first-order valence-electron chi connectivity index (χ1n) is 2.47. The molecule has 0 aromatic rings. The highest BCUT2D eigenvalue weighted by Crippen LogP contribution is 1.84. The van der Waals surface area contributed by atoms with E-state index in [1.54, 1.807) is 6.29 Å². The fraction of sp³-hybridized carbons (Fsp3) is 0.600. The summed E-state index contributed by atoms with van der Waals surface area (Å²) in [4.78, 5) is 19.7. The van der Waals surface area contributed by atoms with Crippen LogP contribution in [-0.2, 0) is 9.59 Å². The molecule has 0 fully saturated rings. The van der Waals surface area contributed by atoms with Crippen molar-refractivity contribution in [1.82, 2.24) is 5.32 Å². The van der Waals surface area contributed by atoms with Gasteiger partial charge < -0.3 is 10.4 Å². The molecule has 0 unspecified atom stereocenters. The third-order valence-corrected chi connectivity index (χ3v) is 0.869. The van der Waals surface area contributed by atoms with E-state index < -0.39 is 12.0 Å². The van der Waals surface area contributed by atoms with Crippen LogP contribution in [-0.4, -0.2) is 30.5 Å². The second kappa shape index (κ2) is 4.03. The third-order valence-electron chi connectivity index (χ3n) is 0.869. The van der Waals surface area contributed by atoms with Gasteiger partial charge in [0, 0.05) is 0 Å². The lowest BCUT2D eigenvalue weighted by Crippen LogP contribution is -2.29. The largest absolute Gasteiger partial charge is 0.481 e. The molecule has 0 spiro atoms. The van der Waals surface area contributed by atoms with Gasteiger partial charge in [0.1, 0.15) is 0 Å². The molecular formula is C5H8NO3. The van der Waals surface area contributed by atoms with Crippen molar-refractivity contribution in [3.05, 3.63) is 0 Å². The Balaban J connectivity index is 3.55. The second-order valence-corrected chi connectivity index (χ2v) is 1.56. The quantitative estimate of drug-likeness (QED) is 0.520. The van der Waals surface area contributed by atoms with Gasteiger partial charge in [0.2, 0.25) is 6.29 Å². The topological polar surface area (TPSA) is 66.4 Å². The molecule has 1 radical (unpaired) electrons. The summed E-state index contributed by atoms with van der Waals surface area (Å²) in [5, 5.41) is 10.6. The number of hydrogen-bond donors (Lipinski definition) is 2. The normalized spacial score (nSPS) is 12.6. The average molecular weight is 130 g/mol. The SMILES string of the molecule is CN[C@@H]([C]=O)CC(=O)O. The Morgan fingerprint density at radius 2 is 2.44 bits per heavy atom. The summed E-state index contributed by atoms with van der Waals surface area (Å²) in [7, 11) is 1.51. The molecule has 51 valence electrons. The molecule has 0 saturated carbocycles. The Kier molecular flexibility index (Phi) is 3.62. The van der Waals surface area contributed by atoms with Crippen LogP contribution >= 0.6 is 0 Å². The third kappa shape index (κ3) is 3.66. The Morgan fingerprint density at radius 1 is 1.89 bits per heavy atom. The Hall–Kier alpha value is -0.900. The molecule has 9 heavy (non-hydrogen) atoms. The molecule has 0 aromatic heterocycles. The van der Waals surface area contributed by atoms with E-state index in [9.17, 15) is 9.59 Å². The van der Waals surface area contributed by atoms with Crippen molar-refractivity contribution in [2.45, 2.75) is 12.5 Å². The maximum Gasteiger partial charge on any atom is 0.305 e. The van der Waals surface area contributed by atoms with Crippen LogP contribution < -0.4 is 5.32 Å². The van der Waals surface area contributed by atoms with Crippen molar-refractivity contribution in [2.75, 3.05) is 7.05 Å². The van der Waals surface area contributed by atoms with Crippen molar-refractivity contribution in [2.24, 2.45) is 0 Å². The Morgan fingerprint density at radius 3 is 2.56 bits per heavy atom. The van der Waals surface area contributed by atoms with E-state index in [1.807, 2.05) is 0 Å².